The quantitative estimate of drug-likeness (QED) is 0.0412. The maximum absolute atomic E-state index is 15.5. The molecule has 3 heterocycles. The number of alkyl halides is 4. The van der Waals surface area contributed by atoms with Gasteiger partial charge in [0.15, 0.2) is 5.65 Å². The molecule has 0 bridgehead atoms. The summed E-state index contributed by atoms with van der Waals surface area (Å²) in [7, 11) is 1.49. The highest BCUT2D eigenvalue weighted by Crippen LogP contribution is 2.68. The van der Waals surface area contributed by atoms with Gasteiger partial charge in [-0.15, -0.1) is 0 Å². The minimum absolute atomic E-state index is 0.0146. The summed E-state index contributed by atoms with van der Waals surface area (Å²) in [6, 6.07) is 11.9. The van der Waals surface area contributed by atoms with Crippen LogP contribution in [0.1, 0.15) is 64.3 Å². The van der Waals surface area contributed by atoms with Gasteiger partial charge in [0.05, 0.1) is 44.6 Å². The summed E-state index contributed by atoms with van der Waals surface area (Å²) in [4.78, 5) is 38.3. The Hall–Kier alpha value is -6.46. The molecule has 1 fully saturated rings. The first-order valence-corrected chi connectivity index (χ1v) is 20.2. The van der Waals surface area contributed by atoms with E-state index in [9.17, 15) is 36.8 Å². The van der Waals surface area contributed by atoms with Crippen LogP contribution in [0.2, 0.25) is 5.02 Å². The number of anilines is 1. The second kappa shape index (κ2) is 16.1. The Balaban J connectivity index is 1.34. The fraction of sp³-hybridized carbons (Fsp3) is 0.244. The Morgan fingerprint density at radius 3 is 2.50 bits per heavy atom. The number of nitriles is 1. The molecular weight excluding hydrogens is 865 g/mol. The number of carbonyl (C=O) groups excluding carboxylic acids is 1. The Kier molecular flexibility index (Phi) is 11.0. The van der Waals surface area contributed by atoms with Gasteiger partial charge < -0.3 is 15.4 Å². The van der Waals surface area contributed by atoms with Crippen molar-refractivity contribution >= 4 is 52.0 Å². The lowest BCUT2D eigenvalue weighted by molar-refractivity contribution is -0.123. The first kappa shape index (κ1) is 42.2. The van der Waals surface area contributed by atoms with E-state index < -0.39 is 83.5 Å². The maximum atomic E-state index is 15.5. The minimum Gasteiger partial charge on any atom is -0.386 e. The van der Waals surface area contributed by atoms with Gasteiger partial charge in [-0.2, -0.15) is 19.1 Å². The molecule has 3 aromatic carbocycles. The number of hydrogen-bond donors (Lipinski definition) is 4. The van der Waals surface area contributed by atoms with Crippen molar-refractivity contribution in [2.24, 2.45) is 5.92 Å². The Bertz CT molecular complexity index is 2940. The second-order valence-corrected chi connectivity index (χ2v) is 15.5. The van der Waals surface area contributed by atoms with E-state index in [-0.39, 0.29) is 79.0 Å². The zero-order chi connectivity index (χ0) is 44.4. The summed E-state index contributed by atoms with van der Waals surface area (Å²) in [6.45, 7) is -1.01. The van der Waals surface area contributed by atoms with E-state index >= 15 is 8.78 Å². The summed E-state index contributed by atoms with van der Waals surface area (Å²) in [5.41, 5.74) is -2.74. The number of pyridine rings is 1. The molecule has 62 heavy (non-hydrogen) atoms. The average molecular weight is 895 g/mol. The summed E-state index contributed by atoms with van der Waals surface area (Å²) in [5.74, 6) is -9.99. The second-order valence-electron chi connectivity index (χ2n) is 14.5. The SMILES string of the molecule is CNc1c(-n2c(C(Cc3cc(F)cc(F)c3)NC(=O)Cn3nc(C(F)F)c4c3C(F)(F)[C@@H]3CC43)nc3nc(-c4ccc(F)c(C#N)c4)ccc3c2=O)ccc(Cl)c1C(=N)NSC. The van der Waals surface area contributed by atoms with Crippen LogP contribution < -0.4 is 20.9 Å². The zero-order valence-electron chi connectivity index (χ0n) is 32.1. The zero-order valence-corrected chi connectivity index (χ0v) is 33.7. The van der Waals surface area contributed by atoms with Crippen LogP contribution in [0.15, 0.2) is 65.5 Å². The molecule has 1 saturated carbocycles. The fourth-order valence-electron chi connectivity index (χ4n) is 8.01. The van der Waals surface area contributed by atoms with Crippen LogP contribution in [0.4, 0.5) is 36.4 Å². The standard InChI is InChI=1S/C41H30ClF7N10O2S/c1-52-33-29(8-5-25(42)32(33)37(51)57-62-2)59-39(55-38-22(40(59)61)4-7-27(54-38)18-3-6-26(45)19(12-18)15-50)28(11-17-9-20(43)13-21(44)10-17)53-30(60)16-58-35-31(34(56-58)36(46)47)23-14-24(23)41(35,48)49/h3-10,12-13,23-24,28,36,52H,11,14,16H2,1-2H3,(H2,51,57)(H,53,60)/t23?,24-,28?/m1/s1. The Morgan fingerprint density at radius 1 is 1.08 bits per heavy atom. The summed E-state index contributed by atoms with van der Waals surface area (Å²) in [6.07, 6.45) is -2.07. The van der Waals surface area contributed by atoms with Crippen molar-refractivity contribution in [3.8, 4) is 23.0 Å². The van der Waals surface area contributed by atoms with Gasteiger partial charge in [-0.25, -0.2) is 31.9 Å². The Morgan fingerprint density at radius 2 is 1.82 bits per heavy atom. The molecule has 2 aliphatic carbocycles. The van der Waals surface area contributed by atoms with E-state index in [1.807, 2.05) is 0 Å². The molecule has 2 aliphatic rings. The number of amidine groups is 1. The van der Waals surface area contributed by atoms with E-state index in [0.717, 1.165) is 34.7 Å². The van der Waals surface area contributed by atoms with Gasteiger partial charge in [0.2, 0.25) is 5.91 Å². The highest BCUT2D eigenvalue weighted by atomic mass is 35.5. The van der Waals surface area contributed by atoms with Crippen molar-refractivity contribution in [1.29, 1.82) is 10.7 Å². The van der Waals surface area contributed by atoms with Crippen LogP contribution >= 0.6 is 23.5 Å². The molecule has 6 aromatic rings. The predicted molar refractivity (Wildman–Crippen MR) is 216 cm³/mol. The topological polar surface area (TPSA) is 166 Å². The molecule has 8 rings (SSSR count). The molecule has 0 saturated heterocycles. The molecule has 2 unspecified atom stereocenters. The largest absolute Gasteiger partial charge is 0.386 e. The third-order valence-electron chi connectivity index (χ3n) is 10.7. The maximum Gasteiger partial charge on any atom is 0.293 e. The van der Waals surface area contributed by atoms with Crippen molar-refractivity contribution in [2.75, 3.05) is 18.6 Å². The predicted octanol–water partition coefficient (Wildman–Crippen LogP) is 8.07. The summed E-state index contributed by atoms with van der Waals surface area (Å²) < 4.78 is 107. The van der Waals surface area contributed by atoms with Crippen molar-refractivity contribution in [3.05, 3.63) is 133 Å². The van der Waals surface area contributed by atoms with Gasteiger partial charge in [0.1, 0.15) is 53.1 Å². The van der Waals surface area contributed by atoms with Gasteiger partial charge in [0.25, 0.3) is 17.9 Å². The number of hydrogen-bond acceptors (Lipinski definition) is 9. The number of nitrogens with one attached hydrogen (secondary N) is 4. The van der Waals surface area contributed by atoms with Crippen molar-refractivity contribution in [3.63, 3.8) is 0 Å². The fourth-order valence-corrected chi connectivity index (χ4v) is 8.57. The Labute approximate surface area is 355 Å². The number of fused-ring (bicyclic) bond motifs is 4. The van der Waals surface area contributed by atoms with Gasteiger partial charge in [-0.1, -0.05) is 23.5 Å². The first-order valence-electron chi connectivity index (χ1n) is 18.6. The van der Waals surface area contributed by atoms with Crippen LogP contribution in [-0.4, -0.2) is 49.4 Å². The molecule has 1 amide bonds. The van der Waals surface area contributed by atoms with E-state index in [4.69, 9.17) is 22.0 Å². The molecule has 21 heteroatoms. The number of carbonyl (C=O) groups is 1. The van der Waals surface area contributed by atoms with Crippen LogP contribution in [0.25, 0.3) is 28.0 Å². The van der Waals surface area contributed by atoms with Gasteiger partial charge in [-0.05, 0) is 72.5 Å². The number of nitrogens with zero attached hydrogens (tertiary/aromatic N) is 6. The van der Waals surface area contributed by atoms with Crippen LogP contribution in [-0.2, 0) is 23.7 Å². The third-order valence-corrected chi connectivity index (χ3v) is 11.4. The third kappa shape index (κ3) is 7.38. The van der Waals surface area contributed by atoms with E-state index in [0.29, 0.717) is 10.7 Å². The van der Waals surface area contributed by atoms with Crippen LogP contribution in [0.3, 0.4) is 0 Å². The van der Waals surface area contributed by atoms with Gasteiger partial charge in [-0.3, -0.25) is 24.2 Å². The van der Waals surface area contributed by atoms with Gasteiger partial charge in [0, 0.05) is 42.8 Å². The van der Waals surface area contributed by atoms with Gasteiger partial charge >= 0.3 is 0 Å². The molecule has 0 spiro atoms. The highest BCUT2D eigenvalue weighted by molar-refractivity contribution is 7.97. The molecule has 3 atom stereocenters. The molecule has 4 N–H and O–H groups in total. The molecular formula is C41H30ClF7N10O2S. The van der Waals surface area contributed by atoms with E-state index in [1.165, 1.54) is 43.4 Å². The summed E-state index contributed by atoms with van der Waals surface area (Å²) in [5, 5.41) is 27.4. The molecule has 318 valence electrons. The smallest absolute Gasteiger partial charge is 0.293 e. The summed E-state index contributed by atoms with van der Waals surface area (Å²) >= 11 is 7.68. The first-order chi connectivity index (χ1) is 29.6. The number of benzene rings is 3. The van der Waals surface area contributed by atoms with Crippen LogP contribution in [0.5, 0.6) is 0 Å². The van der Waals surface area contributed by atoms with Crippen molar-refractivity contribution < 1.29 is 35.5 Å². The minimum atomic E-state index is -3.56. The molecule has 3 aromatic heterocycles. The molecule has 12 nitrogen and oxygen atoms in total. The average Bonchev–Trinajstić information content (AvgIpc) is 3.88. The lowest BCUT2D eigenvalue weighted by Crippen LogP contribution is -2.38. The number of amides is 1. The number of rotatable bonds is 12. The molecule has 0 aliphatic heterocycles. The normalized spacial score (nSPS) is 16.4. The lowest BCUT2D eigenvalue weighted by Gasteiger charge is -2.25. The van der Waals surface area contributed by atoms with E-state index in [2.05, 4.69) is 25.4 Å². The van der Waals surface area contributed by atoms with E-state index in [1.54, 1.807) is 12.3 Å². The molecule has 0 radical (unpaired) electrons. The lowest BCUT2D eigenvalue weighted by atomic mass is 10.0. The van der Waals surface area contributed by atoms with Crippen molar-refractivity contribution in [2.45, 2.75) is 43.7 Å². The van der Waals surface area contributed by atoms with Crippen LogP contribution in [0, 0.1) is 40.1 Å². The number of aromatic nitrogens is 5. The monoisotopic (exact) mass is 894 g/mol. The van der Waals surface area contributed by atoms with Crippen molar-refractivity contribution in [1.82, 2.24) is 34.4 Å². The highest BCUT2D eigenvalue weighted by Gasteiger charge is 2.67. The number of halogens is 8.